The molecule has 0 spiro atoms. The number of aromatic nitrogens is 1. The van der Waals surface area contributed by atoms with Crippen LogP contribution >= 0.6 is 11.3 Å². The Labute approximate surface area is 110 Å². The van der Waals surface area contributed by atoms with Crippen molar-refractivity contribution in [3.8, 4) is 0 Å². The predicted molar refractivity (Wildman–Crippen MR) is 69.1 cm³/mol. The zero-order valence-corrected chi connectivity index (χ0v) is 12.0. The highest BCUT2D eigenvalue weighted by Crippen LogP contribution is 2.20. The molecule has 98 valence electrons. The fourth-order valence-corrected chi connectivity index (χ4v) is 3.93. The summed E-state index contributed by atoms with van der Waals surface area (Å²) in [5, 5.41) is 3.65. The Morgan fingerprint density at radius 1 is 1.33 bits per heavy atom. The Kier molecular flexibility index (Phi) is 3.56. The largest absolute Gasteiger partial charge is 0.360 e. The molecule has 2 aromatic rings. The number of thiophene rings is 1. The zero-order valence-electron chi connectivity index (χ0n) is 10.4. The highest BCUT2D eigenvalue weighted by Gasteiger charge is 2.23. The van der Waals surface area contributed by atoms with Gasteiger partial charge in [0.2, 0.25) is 10.0 Å². The second kappa shape index (κ2) is 4.83. The molecule has 0 radical (unpaired) electrons. The molecule has 0 aromatic carbocycles. The van der Waals surface area contributed by atoms with Gasteiger partial charge in [-0.25, -0.2) is 13.1 Å². The smallest absolute Gasteiger partial charge is 0.246 e. The summed E-state index contributed by atoms with van der Waals surface area (Å²) in [7, 11) is -3.57. The Morgan fingerprint density at radius 3 is 2.56 bits per heavy atom. The Hall–Kier alpha value is -1.18. The van der Waals surface area contributed by atoms with Crippen LogP contribution in [0.5, 0.6) is 0 Å². The molecular weight excluding hydrogens is 272 g/mol. The SMILES string of the molecule is Cc1ccc(CNS(=O)(=O)c2c(C)noc2C)s1. The summed E-state index contributed by atoms with van der Waals surface area (Å²) in [6, 6.07) is 3.88. The molecular formula is C11H14N2O3S2. The average molecular weight is 286 g/mol. The van der Waals surface area contributed by atoms with Crippen molar-refractivity contribution in [3.63, 3.8) is 0 Å². The molecule has 0 atom stereocenters. The van der Waals surface area contributed by atoms with E-state index in [1.165, 1.54) is 0 Å². The summed E-state index contributed by atoms with van der Waals surface area (Å²) in [5.41, 5.74) is 0.377. The van der Waals surface area contributed by atoms with Crippen LogP contribution in [0.4, 0.5) is 0 Å². The molecule has 2 rings (SSSR count). The van der Waals surface area contributed by atoms with Crippen molar-refractivity contribution in [1.29, 1.82) is 0 Å². The molecule has 2 aromatic heterocycles. The minimum atomic E-state index is -3.57. The van der Waals surface area contributed by atoms with E-state index >= 15 is 0 Å². The lowest BCUT2D eigenvalue weighted by atomic mass is 10.4. The molecule has 7 heteroatoms. The topological polar surface area (TPSA) is 72.2 Å². The molecule has 18 heavy (non-hydrogen) atoms. The van der Waals surface area contributed by atoms with Crippen molar-refractivity contribution >= 4 is 21.4 Å². The molecule has 5 nitrogen and oxygen atoms in total. The van der Waals surface area contributed by atoms with Crippen molar-refractivity contribution in [2.45, 2.75) is 32.2 Å². The van der Waals surface area contributed by atoms with Gasteiger partial charge in [0.1, 0.15) is 10.6 Å². The second-order valence-electron chi connectivity index (χ2n) is 3.99. The van der Waals surface area contributed by atoms with Crippen molar-refractivity contribution in [2.24, 2.45) is 0 Å². The highest BCUT2D eigenvalue weighted by atomic mass is 32.2. The molecule has 2 heterocycles. The monoisotopic (exact) mass is 286 g/mol. The van der Waals surface area contributed by atoms with Gasteiger partial charge in [-0.2, -0.15) is 0 Å². The normalized spacial score (nSPS) is 11.9. The average Bonchev–Trinajstić information content (AvgIpc) is 2.83. The summed E-state index contributed by atoms with van der Waals surface area (Å²) in [4.78, 5) is 2.26. The maximum absolute atomic E-state index is 12.1. The van der Waals surface area contributed by atoms with Crippen LogP contribution in [0.15, 0.2) is 21.6 Å². The van der Waals surface area contributed by atoms with Gasteiger partial charge in [-0.3, -0.25) is 0 Å². The summed E-state index contributed by atoms with van der Waals surface area (Å²) in [5.74, 6) is 0.308. The van der Waals surface area contributed by atoms with Crippen LogP contribution in [0.25, 0.3) is 0 Å². The van der Waals surface area contributed by atoms with Gasteiger partial charge in [-0.1, -0.05) is 5.16 Å². The third-order valence-corrected chi connectivity index (χ3v) is 5.11. The molecule has 1 N–H and O–H groups in total. The Bertz CT molecular complexity index is 636. The zero-order chi connectivity index (χ0) is 13.3. The van der Waals surface area contributed by atoms with Crippen molar-refractivity contribution in [2.75, 3.05) is 0 Å². The summed E-state index contributed by atoms with van der Waals surface area (Å²) < 4.78 is 31.6. The van der Waals surface area contributed by atoms with E-state index in [1.54, 1.807) is 25.2 Å². The molecule has 0 aliphatic heterocycles. The van der Waals surface area contributed by atoms with Gasteiger partial charge < -0.3 is 4.52 Å². The minimum Gasteiger partial charge on any atom is -0.360 e. The van der Waals surface area contributed by atoms with Crippen LogP contribution in [0.2, 0.25) is 0 Å². The first-order valence-electron chi connectivity index (χ1n) is 5.38. The van der Waals surface area contributed by atoms with Crippen LogP contribution in [0, 0.1) is 20.8 Å². The quantitative estimate of drug-likeness (QED) is 0.934. The third-order valence-electron chi connectivity index (χ3n) is 2.47. The van der Waals surface area contributed by atoms with Gasteiger partial charge in [0.15, 0.2) is 5.76 Å². The van der Waals surface area contributed by atoms with Gasteiger partial charge in [-0.05, 0) is 32.9 Å². The van der Waals surface area contributed by atoms with Crippen LogP contribution in [0.3, 0.4) is 0 Å². The van der Waals surface area contributed by atoms with E-state index in [4.69, 9.17) is 4.52 Å². The standard InChI is InChI=1S/C11H14N2O3S2/c1-7-4-5-10(17-7)6-12-18(14,15)11-8(2)13-16-9(11)3/h4-5,12H,6H2,1-3H3. The van der Waals surface area contributed by atoms with E-state index < -0.39 is 10.0 Å². The Balaban J connectivity index is 2.18. The molecule has 0 saturated carbocycles. The van der Waals surface area contributed by atoms with E-state index in [0.717, 1.165) is 9.75 Å². The summed E-state index contributed by atoms with van der Waals surface area (Å²) >= 11 is 1.57. The molecule has 0 bridgehead atoms. The van der Waals surface area contributed by atoms with Crippen molar-refractivity contribution in [1.82, 2.24) is 9.88 Å². The van der Waals surface area contributed by atoms with Crippen LogP contribution in [-0.2, 0) is 16.6 Å². The number of rotatable bonds is 4. The van der Waals surface area contributed by atoms with Crippen LogP contribution in [-0.4, -0.2) is 13.6 Å². The molecule has 0 saturated heterocycles. The second-order valence-corrected chi connectivity index (χ2v) is 7.07. The summed E-state index contributed by atoms with van der Waals surface area (Å²) in [6.07, 6.45) is 0. The van der Waals surface area contributed by atoms with Gasteiger partial charge in [-0.15, -0.1) is 11.3 Å². The number of nitrogens with zero attached hydrogens (tertiary/aromatic N) is 1. The first kappa shape index (κ1) is 13.3. The lowest BCUT2D eigenvalue weighted by Gasteiger charge is -2.04. The fraction of sp³-hybridized carbons (Fsp3) is 0.364. The number of sulfonamides is 1. The first-order chi connectivity index (χ1) is 8.40. The lowest BCUT2D eigenvalue weighted by molar-refractivity contribution is 0.390. The van der Waals surface area contributed by atoms with Gasteiger partial charge in [0, 0.05) is 16.3 Å². The van der Waals surface area contributed by atoms with Crippen molar-refractivity contribution in [3.05, 3.63) is 33.3 Å². The van der Waals surface area contributed by atoms with E-state index in [9.17, 15) is 8.42 Å². The predicted octanol–water partition coefficient (Wildman–Crippen LogP) is 2.14. The minimum absolute atomic E-state index is 0.135. The number of hydrogen-bond acceptors (Lipinski definition) is 5. The van der Waals surface area contributed by atoms with Gasteiger partial charge >= 0.3 is 0 Å². The van der Waals surface area contributed by atoms with E-state index in [2.05, 4.69) is 9.88 Å². The van der Waals surface area contributed by atoms with E-state index in [0.29, 0.717) is 11.5 Å². The molecule has 0 fully saturated rings. The highest BCUT2D eigenvalue weighted by molar-refractivity contribution is 7.89. The lowest BCUT2D eigenvalue weighted by Crippen LogP contribution is -2.23. The number of nitrogens with one attached hydrogen (secondary N) is 1. The maximum Gasteiger partial charge on any atom is 0.246 e. The van der Waals surface area contributed by atoms with E-state index in [1.807, 2.05) is 19.1 Å². The van der Waals surface area contributed by atoms with Gasteiger partial charge in [0.05, 0.1) is 0 Å². The van der Waals surface area contributed by atoms with Crippen LogP contribution < -0.4 is 4.72 Å². The van der Waals surface area contributed by atoms with Gasteiger partial charge in [0.25, 0.3) is 0 Å². The van der Waals surface area contributed by atoms with Crippen LogP contribution in [0.1, 0.15) is 21.2 Å². The number of hydrogen-bond donors (Lipinski definition) is 1. The maximum atomic E-state index is 12.1. The van der Waals surface area contributed by atoms with E-state index in [-0.39, 0.29) is 11.4 Å². The fourth-order valence-electron chi connectivity index (χ4n) is 1.68. The first-order valence-corrected chi connectivity index (χ1v) is 7.68. The molecule has 0 amide bonds. The molecule has 0 aliphatic rings. The Morgan fingerprint density at radius 2 is 2.06 bits per heavy atom. The third kappa shape index (κ3) is 2.63. The number of aryl methyl sites for hydroxylation is 3. The molecule has 0 aliphatic carbocycles. The molecule has 0 unspecified atom stereocenters. The summed E-state index contributed by atoms with van der Waals surface area (Å²) in [6.45, 7) is 5.46. The van der Waals surface area contributed by atoms with Crippen molar-refractivity contribution < 1.29 is 12.9 Å².